The van der Waals surface area contributed by atoms with Gasteiger partial charge in [0.1, 0.15) is 5.69 Å². The summed E-state index contributed by atoms with van der Waals surface area (Å²) in [6.45, 7) is 0. The lowest BCUT2D eigenvalue weighted by Gasteiger charge is -2.02. The monoisotopic (exact) mass is 250 g/mol. The first-order valence-electron chi connectivity index (χ1n) is 5.90. The van der Waals surface area contributed by atoms with Crippen LogP contribution in [-0.2, 0) is 0 Å². The molecule has 4 rings (SSSR count). The average Bonchev–Trinajstić information content (AvgIpc) is 3.06. The Kier molecular flexibility index (Phi) is 1.91. The van der Waals surface area contributed by atoms with Crippen LogP contribution in [0.4, 0.5) is 5.82 Å². The van der Waals surface area contributed by atoms with Gasteiger partial charge in [-0.2, -0.15) is 0 Å². The number of nitrogens with zero attached hydrogens (tertiary/aromatic N) is 3. The van der Waals surface area contributed by atoms with Crippen molar-refractivity contribution in [2.45, 2.75) is 0 Å². The molecule has 0 unspecified atom stereocenters. The molecule has 0 radical (unpaired) electrons. The zero-order valence-corrected chi connectivity index (χ0v) is 9.95. The number of para-hydroxylation sites is 2. The van der Waals surface area contributed by atoms with Crippen molar-refractivity contribution in [1.82, 2.24) is 14.4 Å². The molecule has 3 aromatic heterocycles. The van der Waals surface area contributed by atoms with Crippen LogP contribution in [0.1, 0.15) is 0 Å². The second kappa shape index (κ2) is 3.58. The molecule has 92 valence electrons. The Bertz CT molecular complexity index is 877. The number of benzene rings is 1. The van der Waals surface area contributed by atoms with E-state index in [1.165, 1.54) is 0 Å². The summed E-state index contributed by atoms with van der Waals surface area (Å²) < 4.78 is 7.30. The van der Waals surface area contributed by atoms with Crippen LogP contribution in [0.5, 0.6) is 0 Å². The molecular weight excluding hydrogens is 240 g/mol. The summed E-state index contributed by atoms with van der Waals surface area (Å²) in [7, 11) is 0. The molecule has 0 aliphatic heterocycles. The molecule has 5 heteroatoms. The number of rotatable bonds is 1. The highest BCUT2D eigenvalue weighted by atomic mass is 16.3. The summed E-state index contributed by atoms with van der Waals surface area (Å²) in [5.41, 5.74) is 9.24. The van der Waals surface area contributed by atoms with Crippen molar-refractivity contribution < 1.29 is 4.42 Å². The van der Waals surface area contributed by atoms with Crippen molar-refractivity contribution in [3.8, 4) is 11.5 Å². The van der Waals surface area contributed by atoms with Crippen molar-refractivity contribution >= 4 is 22.5 Å². The second-order valence-corrected chi connectivity index (χ2v) is 4.28. The van der Waals surface area contributed by atoms with Crippen LogP contribution < -0.4 is 5.73 Å². The first kappa shape index (κ1) is 10.1. The molecular formula is C14H10N4O. The van der Waals surface area contributed by atoms with Crippen molar-refractivity contribution in [3.05, 3.63) is 48.9 Å². The third-order valence-corrected chi connectivity index (χ3v) is 3.09. The van der Waals surface area contributed by atoms with Gasteiger partial charge in [0, 0.05) is 6.20 Å². The van der Waals surface area contributed by atoms with Crippen LogP contribution in [0, 0.1) is 0 Å². The Hall–Kier alpha value is -2.82. The van der Waals surface area contributed by atoms with Gasteiger partial charge in [-0.3, -0.25) is 4.40 Å². The van der Waals surface area contributed by atoms with E-state index in [0.29, 0.717) is 22.9 Å². The highest BCUT2D eigenvalue weighted by molar-refractivity contribution is 5.84. The van der Waals surface area contributed by atoms with Gasteiger partial charge in [0.15, 0.2) is 17.2 Å². The van der Waals surface area contributed by atoms with E-state index in [-0.39, 0.29) is 0 Å². The number of fused-ring (bicyclic) bond motifs is 3. The molecule has 3 heterocycles. The molecule has 0 spiro atoms. The number of anilines is 1. The van der Waals surface area contributed by atoms with Crippen LogP contribution in [0.15, 0.2) is 53.3 Å². The molecule has 19 heavy (non-hydrogen) atoms. The van der Waals surface area contributed by atoms with Crippen molar-refractivity contribution in [2.24, 2.45) is 0 Å². The first-order chi connectivity index (χ1) is 9.33. The lowest BCUT2D eigenvalue weighted by molar-refractivity contribution is 0.579. The zero-order chi connectivity index (χ0) is 12.8. The van der Waals surface area contributed by atoms with Gasteiger partial charge in [0.2, 0.25) is 0 Å². The summed E-state index contributed by atoms with van der Waals surface area (Å²) in [5, 5.41) is 0. The van der Waals surface area contributed by atoms with E-state index in [1.54, 1.807) is 6.26 Å². The number of furan rings is 1. The van der Waals surface area contributed by atoms with Gasteiger partial charge in [0.05, 0.1) is 17.3 Å². The van der Waals surface area contributed by atoms with E-state index in [1.807, 2.05) is 47.0 Å². The largest absolute Gasteiger partial charge is 0.463 e. The molecule has 0 atom stereocenters. The number of hydrogen-bond donors (Lipinski definition) is 1. The summed E-state index contributed by atoms with van der Waals surface area (Å²) in [4.78, 5) is 8.82. The van der Waals surface area contributed by atoms with Crippen molar-refractivity contribution in [3.63, 3.8) is 0 Å². The van der Waals surface area contributed by atoms with E-state index in [4.69, 9.17) is 10.2 Å². The van der Waals surface area contributed by atoms with Crippen LogP contribution >= 0.6 is 0 Å². The van der Waals surface area contributed by atoms with Crippen LogP contribution in [0.25, 0.3) is 28.1 Å². The number of imidazole rings is 1. The van der Waals surface area contributed by atoms with E-state index in [2.05, 4.69) is 9.97 Å². The molecule has 0 bridgehead atoms. The predicted molar refractivity (Wildman–Crippen MR) is 72.6 cm³/mol. The van der Waals surface area contributed by atoms with Gasteiger partial charge in [-0.1, -0.05) is 12.1 Å². The maximum absolute atomic E-state index is 5.99. The molecule has 5 nitrogen and oxygen atoms in total. The molecule has 1 aromatic carbocycles. The molecule has 0 fully saturated rings. The normalized spacial score (nSPS) is 11.4. The van der Waals surface area contributed by atoms with Gasteiger partial charge >= 0.3 is 0 Å². The third-order valence-electron chi connectivity index (χ3n) is 3.09. The quantitative estimate of drug-likeness (QED) is 0.564. The predicted octanol–water partition coefficient (Wildman–Crippen LogP) is 2.72. The van der Waals surface area contributed by atoms with E-state index in [9.17, 15) is 0 Å². The van der Waals surface area contributed by atoms with Crippen LogP contribution in [-0.4, -0.2) is 14.4 Å². The van der Waals surface area contributed by atoms with Gasteiger partial charge in [-0.05, 0) is 24.3 Å². The minimum absolute atomic E-state index is 0.394. The van der Waals surface area contributed by atoms with Crippen molar-refractivity contribution in [1.29, 1.82) is 0 Å². The van der Waals surface area contributed by atoms with Gasteiger partial charge in [0.25, 0.3) is 0 Å². The maximum atomic E-state index is 5.99. The van der Waals surface area contributed by atoms with E-state index < -0.39 is 0 Å². The summed E-state index contributed by atoms with van der Waals surface area (Å²) >= 11 is 0. The lowest BCUT2D eigenvalue weighted by Crippen LogP contribution is -1.98. The zero-order valence-electron chi connectivity index (χ0n) is 9.95. The second-order valence-electron chi connectivity index (χ2n) is 4.28. The van der Waals surface area contributed by atoms with E-state index in [0.717, 1.165) is 11.0 Å². The fourth-order valence-electron chi connectivity index (χ4n) is 2.23. The number of nitrogens with two attached hydrogens (primary N) is 1. The minimum atomic E-state index is 0.394. The Morgan fingerprint density at radius 2 is 1.95 bits per heavy atom. The topological polar surface area (TPSA) is 69.3 Å². The minimum Gasteiger partial charge on any atom is -0.463 e. The number of nitrogen functional groups attached to an aromatic ring is 1. The lowest BCUT2D eigenvalue weighted by atomic mass is 10.3. The van der Waals surface area contributed by atoms with Gasteiger partial charge < -0.3 is 10.2 Å². The third kappa shape index (κ3) is 1.41. The van der Waals surface area contributed by atoms with Gasteiger partial charge in [-0.15, -0.1) is 0 Å². The van der Waals surface area contributed by atoms with Crippen LogP contribution in [0.3, 0.4) is 0 Å². The van der Waals surface area contributed by atoms with E-state index >= 15 is 0 Å². The summed E-state index contributed by atoms with van der Waals surface area (Å²) in [6, 6.07) is 11.6. The Labute approximate surface area is 108 Å². The maximum Gasteiger partial charge on any atom is 0.180 e. The number of aromatic nitrogens is 3. The molecule has 0 saturated carbocycles. The van der Waals surface area contributed by atoms with Gasteiger partial charge in [-0.25, -0.2) is 9.97 Å². The standard InChI is InChI=1S/C14H10N4O/c15-13-14-17-9-4-1-2-5-11(9)18(14)8-10(16-13)12-6-3-7-19-12/h1-8H,(H2,15,16). The Morgan fingerprint density at radius 3 is 2.79 bits per heavy atom. The smallest absolute Gasteiger partial charge is 0.180 e. The highest BCUT2D eigenvalue weighted by Crippen LogP contribution is 2.24. The molecule has 0 aliphatic rings. The number of hydrogen-bond acceptors (Lipinski definition) is 4. The molecule has 0 aliphatic carbocycles. The highest BCUT2D eigenvalue weighted by Gasteiger charge is 2.11. The molecule has 0 saturated heterocycles. The molecule has 0 amide bonds. The Balaban J connectivity index is 2.12. The Morgan fingerprint density at radius 1 is 1.05 bits per heavy atom. The summed E-state index contributed by atoms with van der Waals surface area (Å²) in [6.07, 6.45) is 3.50. The first-order valence-corrected chi connectivity index (χ1v) is 5.90. The fourth-order valence-corrected chi connectivity index (χ4v) is 2.23. The van der Waals surface area contributed by atoms with Crippen molar-refractivity contribution in [2.75, 3.05) is 5.73 Å². The fraction of sp³-hybridized carbons (Fsp3) is 0. The average molecular weight is 250 g/mol. The molecule has 4 aromatic rings. The summed E-state index contributed by atoms with van der Waals surface area (Å²) in [5.74, 6) is 1.08. The molecule has 2 N–H and O–H groups in total. The van der Waals surface area contributed by atoms with Crippen LogP contribution in [0.2, 0.25) is 0 Å². The SMILES string of the molecule is Nc1nc(-c2ccco2)cn2c1nc1ccccc12.